The predicted octanol–water partition coefficient (Wildman–Crippen LogP) is 4.57. The highest BCUT2D eigenvalue weighted by molar-refractivity contribution is 7.11. The lowest BCUT2D eigenvalue weighted by atomic mass is 9.98. The Morgan fingerprint density at radius 3 is 2.52 bits per heavy atom. The van der Waals surface area contributed by atoms with Crippen molar-refractivity contribution in [3.05, 3.63) is 51.5 Å². The molecule has 0 amide bonds. The fraction of sp³-hybridized carbons (Fsp3) is 0.438. The lowest BCUT2D eigenvalue weighted by molar-refractivity contribution is 0.501. The Hall–Kier alpha value is -1.33. The molecular weight excluding hydrogens is 290 g/mol. The van der Waals surface area contributed by atoms with Crippen LogP contribution in [-0.4, -0.2) is 4.98 Å². The third-order valence-corrected chi connectivity index (χ3v) is 4.64. The van der Waals surface area contributed by atoms with Crippen LogP contribution in [0.25, 0.3) is 0 Å². The predicted molar refractivity (Wildman–Crippen MR) is 82.4 cm³/mol. The quantitative estimate of drug-likeness (QED) is 0.895. The van der Waals surface area contributed by atoms with E-state index in [2.05, 4.69) is 31.1 Å². The van der Waals surface area contributed by atoms with Gasteiger partial charge in [0, 0.05) is 29.1 Å². The van der Waals surface area contributed by atoms with Gasteiger partial charge in [0.1, 0.15) is 0 Å². The van der Waals surface area contributed by atoms with Crippen LogP contribution in [0.1, 0.15) is 49.2 Å². The van der Waals surface area contributed by atoms with Crippen LogP contribution in [0.4, 0.5) is 8.78 Å². The molecule has 114 valence electrons. The van der Waals surface area contributed by atoms with E-state index in [0.29, 0.717) is 6.54 Å². The molecule has 2 nitrogen and oxygen atoms in total. The number of halogens is 2. The Balaban J connectivity index is 1.99. The number of aromatic nitrogens is 1. The molecule has 0 saturated carbocycles. The fourth-order valence-corrected chi connectivity index (χ4v) is 2.81. The van der Waals surface area contributed by atoms with Crippen LogP contribution in [-0.2, 0) is 12.0 Å². The Bertz CT molecular complexity index is 617. The van der Waals surface area contributed by atoms with Gasteiger partial charge in [-0.2, -0.15) is 0 Å². The van der Waals surface area contributed by atoms with Crippen molar-refractivity contribution < 1.29 is 8.78 Å². The van der Waals surface area contributed by atoms with E-state index in [1.165, 1.54) is 6.07 Å². The summed E-state index contributed by atoms with van der Waals surface area (Å²) in [5.41, 5.74) is 0.781. The van der Waals surface area contributed by atoms with Crippen LogP contribution in [0.5, 0.6) is 0 Å². The van der Waals surface area contributed by atoms with Crippen LogP contribution in [0, 0.1) is 11.6 Å². The minimum Gasteiger partial charge on any atom is -0.305 e. The van der Waals surface area contributed by atoms with Crippen LogP contribution >= 0.6 is 11.3 Å². The van der Waals surface area contributed by atoms with Gasteiger partial charge in [-0.15, -0.1) is 11.3 Å². The first-order valence-electron chi connectivity index (χ1n) is 6.91. The Kier molecular flexibility index (Phi) is 4.74. The van der Waals surface area contributed by atoms with E-state index < -0.39 is 11.6 Å². The third-order valence-electron chi connectivity index (χ3n) is 3.22. The number of benzene rings is 1. The van der Waals surface area contributed by atoms with Gasteiger partial charge in [0.05, 0.1) is 5.01 Å². The molecule has 0 fully saturated rings. The zero-order valence-electron chi connectivity index (χ0n) is 12.7. The van der Waals surface area contributed by atoms with Crippen LogP contribution in [0.2, 0.25) is 0 Å². The molecule has 0 saturated heterocycles. The van der Waals surface area contributed by atoms with E-state index in [4.69, 9.17) is 0 Å². The minimum atomic E-state index is -0.816. The highest BCUT2D eigenvalue weighted by Crippen LogP contribution is 2.27. The smallest absolute Gasteiger partial charge is 0.159 e. The third kappa shape index (κ3) is 4.08. The van der Waals surface area contributed by atoms with Gasteiger partial charge >= 0.3 is 0 Å². The number of hydrogen-bond acceptors (Lipinski definition) is 3. The highest BCUT2D eigenvalue weighted by atomic mass is 32.1. The molecule has 1 aromatic heterocycles. The van der Waals surface area contributed by atoms with E-state index in [9.17, 15) is 8.78 Å². The van der Waals surface area contributed by atoms with Crippen molar-refractivity contribution in [2.75, 3.05) is 0 Å². The highest BCUT2D eigenvalue weighted by Gasteiger charge is 2.18. The number of rotatable bonds is 4. The summed E-state index contributed by atoms with van der Waals surface area (Å²) in [7, 11) is 0. The first-order chi connectivity index (χ1) is 9.77. The second kappa shape index (κ2) is 6.20. The molecule has 0 aliphatic rings. The molecule has 5 heteroatoms. The molecule has 0 spiro atoms. The van der Waals surface area contributed by atoms with Crippen molar-refractivity contribution >= 4 is 11.3 Å². The summed E-state index contributed by atoms with van der Waals surface area (Å²) < 4.78 is 26.2. The first-order valence-corrected chi connectivity index (χ1v) is 7.72. The van der Waals surface area contributed by atoms with Gasteiger partial charge in [-0.25, -0.2) is 13.8 Å². The summed E-state index contributed by atoms with van der Waals surface area (Å²) in [5.74, 6) is -1.63. The van der Waals surface area contributed by atoms with E-state index >= 15 is 0 Å². The summed E-state index contributed by atoms with van der Waals surface area (Å²) in [5, 5.41) is 4.40. The van der Waals surface area contributed by atoms with Gasteiger partial charge in [-0.1, -0.05) is 26.8 Å². The molecule has 0 aliphatic carbocycles. The molecule has 21 heavy (non-hydrogen) atoms. The lowest BCUT2D eigenvalue weighted by Gasteiger charge is -2.14. The van der Waals surface area contributed by atoms with E-state index in [1.807, 2.05) is 13.1 Å². The van der Waals surface area contributed by atoms with Crippen molar-refractivity contribution in [3.63, 3.8) is 0 Å². The van der Waals surface area contributed by atoms with Gasteiger partial charge in [0.15, 0.2) is 11.6 Å². The van der Waals surface area contributed by atoms with Crippen LogP contribution in [0.3, 0.4) is 0 Å². The zero-order chi connectivity index (χ0) is 15.6. The largest absolute Gasteiger partial charge is 0.305 e. The molecule has 1 aromatic carbocycles. The van der Waals surface area contributed by atoms with Crippen molar-refractivity contribution in [1.82, 2.24) is 10.3 Å². The Labute approximate surface area is 128 Å². The topological polar surface area (TPSA) is 24.9 Å². The van der Waals surface area contributed by atoms with Crippen LogP contribution < -0.4 is 5.32 Å². The molecule has 2 rings (SSSR count). The second-order valence-corrected chi connectivity index (χ2v) is 7.27. The summed E-state index contributed by atoms with van der Waals surface area (Å²) in [6.45, 7) is 8.99. The maximum Gasteiger partial charge on any atom is 0.159 e. The molecule has 1 atom stereocenters. The standard InChI is InChI=1S/C16H20F2N2S/c1-10(11-5-6-13(17)14(18)7-11)19-8-12-9-20-15(21-12)16(2,3)4/h5-7,9-10,19H,8H2,1-4H3. The first kappa shape index (κ1) is 16.0. The molecule has 1 unspecified atom stereocenters. The fourth-order valence-electron chi connectivity index (χ4n) is 1.89. The average molecular weight is 310 g/mol. The van der Waals surface area contributed by atoms with Gasteiger partial charge < -0.3 is 5.32 Å². The maximum atomic E-state index is 13.2. The van der Waals surface area contributed by atoms with E-state index in [-0.39, 0.29) is 11.5 Å². The number of nitrogens with zero attached hydrogens (tertiary/aromatic N) is 1. The van der Waals surface area contributed by atoms with Crippen molar-refractivity contribution in [3.8, 4) is 0 Å². The van der Waals surface area contributed by atoms with Crippen molar-refractivity contribution in [2.45, 2.75) is 45.7 Å². The van der Waals surface area contributed by atoms with Crippen molar-refractivity contribution in [2.24, 2.45) is 0 Å². The minimum absolute atomic E-state index is 0.0502. The number of nitrogens with one attached hydrogen (secondary N) is 1. The Morgan fingerprint density at radius 2 is 1.95 bits per heavy atom. The second-order valence-electron chi connectivity index (χ2n) is 6.16. The average Bonchev–Trinajstić information content (AvgIpc) is 2.88. The maximum absolute atomic E-state index is 13.2. The molecule has 0 aliphatic heterocycles. The van der Waals surface area contributed by atoms with E-state index in [1.54, 1.807) is 17.4 Å². The van der Waals surface area contributed by atoms with Crippen LogP contribution in [0.15, 0.2) is 24.4 Å². The summed E-state index contributed by atoms with van der Waals surface area (Å²) >= 11 is 1.67. The molecule has 1 heterocycles. The van der Waals surface area contributed by atoms with Crippen molar-refractivity contribution in [1.29, 1.82) is 0 Å². The summed E-state index contributed by atoms with van der Waals surface area (Å²) in [6.07, 6.45) is 1.87. The van der Waals surface area contributed by atoms with Gasteiger partial charge in [-0.05, 0) is 24.6 Å². The molecule has 0 bridgehead atoms. The number of thiazole rings is 1. The summed E-state index contributed by atoms with van der Waals surface area (Å²) in [6, 6.07) is 3.94. The van der Waals surface area contributed by atoms with Gasteiger partial charge in [0.2, 0.25) is 0 Å². The molecule has 2 aromatic rings. The molecule has 1 N–H and O–H groups in total. The normalized spacial score (nSPS) is 13.4. The summed E-state index contributed by atoms with van der Waals surface area (Å²) in [4.78, 5) is 5.57. The molecule has 0 radical (unpaired) electrons. The van der Waals surface area contributed by atoms with Gasteiger partial charge in [-0.3, -0.25) is 0 Å². The lowest BCUT2D eigenvalue weighted by Crippen LogP contribution is -2.17. The number of hydrogen-bond donors (Lipinski definition) is 1. The molecular formula is C16H20F2N2S. The monoisotopic (exact) mass is 310 g/mol. The zero-order valence-corrected chi connectivity index (χ0v) is 13.5. The van der Waals surface area contributed by atoms with E-state index in [0.717, 1.165) is 21.5 Å². The SMILES string of the molecule is CC(NCc1cnc(C(C)(C)C)s1)c1ccc(F)c(F)c1. The van der Waals surface area contributed by atoms with Gasteiger partial charge in [0.25, 0.3) is 0 Å². The Morgan fingerprint density at radius 1 is 1.24 bits per heavy atom.